The third kappa shape index (κ3) is 1.47. The van der Waals surface area contributed by atoms with Crippen molar-refractivity contribution < 1.29 is 4.74 Å². The fourth-order valence-electron chi connectivity index (χ4n) is 1.43. The number of rotatable bonds is 1. The van der Waals surface area contributed by atoms with Gasteiger partial charge >= 0.3 is 0 Å². The van der Waals surface area contributed by atoms with Crippen LogP contribution in [-0.4, -0.2) is 12.5 Å². The van der Waals surface area contributed by atoms with Crippen LogP contribution in [0.3, 0.4) is 0 Å². The van der Waals surface area contributed by atoms with Crippen LogP contribution in [0.5, 0.6) is 5.75 Å². The lowest BCUT2D eigenvalue weighted by Gasteiger charge is -2.24. The van der Waals surface area contributed by atoms with Crippen molar-refractivity contribution in [3.05, 3.63) is 29.8 Å². The van der Waals surface area contributed by atoms with Crippen LogP contribution in [0, 0.1) is 0 Å². The molecule has 2 heteroatoms. The molecular weight excluding hydrogens is 167 g/mol. The molecule has 1 unspecified atom stereocenters. The van der Waals surface area contributed by atoms with Crippen molar-refractivity contribution in [1.29, 1.82) is 0 Å². The zero-order valence-electron chi connectivity index (χ0n) is 7.29. The Balaban J connectivity index is 2.23. The summed E-state index contributed by atoms with van der Waals surface area (Å²) < 4.78 is 5.66. The summed E-state index contributed by atoms with van der Waals surface area (Å²) in [6.45, 7) is 2.25. The predicted molar refractivity (Wildman–Crippen MR) is 53.1 cm³/mol. The van der Waals surface area contributed by atoms with Crippen LogP contribution in [0.25, 0.3) is 0 Å². The zero-order chi connectivity index (χ0) is 8.39. The van der Waals surface area contributed by atoms with Crippen LogP contribution >= 0.6 is 7.92 Å². The highest BCUT2D eigenvalue weighted by molar-refractivity contribution is 7.56. The van der Waals surface area contributed by atoms with E-state index in [1.807, 2.05) is 6.07 Å². The molecular formula is C10H13OP. The molecule has 2 rings (SSSR count). The fraction of sp³-hybridized carbons (Fsp3) is 0.400. The smallest absolute Gasteiger partial charge is 0.123 e. The lowest BCUT2D eigenvalue weighted by Crippen LogP contribution is -2.07. The van der Waals surface area contributed by atoms with Gasteiger partial charge in [0.2, 0.25) is 0 Å². The molecule has 1 aliphatic heterocycles. The first-order chi connectivity index (χ1) is 5.90. The van der Waals surface area contributed by atoms with Crippen molar-refractivity contribution >= 4 is 7.92 Å². The Labute approximate surface area is 74.5 Å². The van der Waals surface area contributed by atoms with E-state index in [9.17, 15) is 0 Å². The Bertz CT molecular complexity index is 272. The van der Waals surface area contributed by atoms with Crippen LogP contribution in [-0.2, 0) is 6.16 Å². The van der Waals surface area contributed by atoms with Gasteiger partial charge in [0, 0.05) is 0 Å². The van der Waals surface area contributed by atoms with E-state index in [1.165, 1.54) is 17.9 Å². The quantitative estimate of drug-likeness (QED) is 0.603. The second kappa shape index (κ2) is 3.45. The Kier molecular flexibility index (Phi) is 2.32. The van der Waals surface area contributed by atoms with E-state index >= 15 is 0 Å². The Morgan fingerprint density at radius 1 is 1.42 bits per heavy atom. The minimum atomic E-state index is 0.122. The highest BCUT2D eigenvalue weighted by Crippen LogP contribution is 2.45. The Morgan fingerprint density at radius 2 is 2.25 bits per heavy atom. The summed E-state index contributed by atoms with van der Waals surface area (Å²) in [4.78, 5) is 0. The number of ether oxygens (including phenoxy) is 1. The van der Waals surface area contributed by atoms with Gasteiger partial charge in [0.1, 0.15) is 12.1 Å². The van der Waals surface area contributed by atoms with E-state index in [0.717, 1.165) is 12.1 Å². The van der Waals surface area contributed by atoms with Gasteiger partial charge in [-0.3, -0.25) is 0 Å². The van der Waals surface area contributed by atoms with Crippen molar-refractivity contribution in [2.75, 3.05) is 12.5 Å². The van der Waals surface area contributed by atoms with Crippen LogP contribution in [0.15, 0.2) is 24.3 Å². The predicted octanol–water partition coefficient (Wildman–Crippen LogP) is 3.04. The Hall–Kier alpha value is -0.550. The van der Waals surface area contributed by atoms with Gasteiger partial charge in [-0.25, -0.2) is 0 Å². The van der Waals surface area contributed by atoms with Gasteiger partial charge in [0.15, 0.2) is 0 Å². The van der Waals surface area contributed by atoms with E-state index in [0.29, 0.717) is 0 Å². The molecule has 0 spiro atoms. The summed E-state index contributed by atoms with van der Waals surface area (Å²) in [5.74, 6) is 1.10. The van der Waals surface area contributed by atoms with Gasteiger partial charge < -0.3 is 4.74 Å². The largest absolute Gasteiger partial charge is 0.489 e. The maximum absolute atomic E-state index is 5.66. The summed E-state index contributed by atoms with van der Waals surface area (Å²) in [5.41, 5.74) is 1.40. The molecule has 0 aromatic heterocycles. The van der Waals surface area contributed by atoms with Crippen LogP contribution in [0.2, 0.25) is 0 Å². The SMILES string of the molecule is CCP1COc2ccccc2C1. The minimum Gasteiger partial charge on any atom is -0.489 e. The van der Waals surface area contributed by atoms with Gasteiger partial charge in [-0.2, -0.15) is 0 Å². The number of hydrogen-bond acceptors (Lipinski definition) is 1. The van der Waals surface area contributed by atoms with Crippen molar-refractivity contribution in [3.8, 4) is 5.75 Å². The fourth-order valence-corrected chi connectivity index (χ4v) is 2.99. The molecule has 1 heterocycles. The molecule has 0 N–H and O–H groups in total. The summed E-state index contributed by atoms with van der Waals surface area (Å²) in [6, 6.07) is 8.38. The second-order valence-corrected chi connectivity index (χ2v) is 5.57. The average molecular weight is 180 g/mol. The van der Waals surface area contributed by atoms with E-state index in [-0.39, 0.29) is 7.92 Å². The number of fused-ring (bicyclic) bond motifs is 1. The van der Waals surface area contributed by atoms with Gasteiger partial charge in [0.05, 0.1) is 0 Å². The molecule has 0 amide bonds. The van der Waals surface area contributed by atoms with Crippen molar-refractivity contribution in [2.24, 2.45) is 0 Å². The van der Waals surface area contributed by atoms with Crippen LogP contribution in [0.4, 0.5) is 0 Å². The first-order valence-corrected chi connectivity index (χ1v) is 6.23. The molecule has 1 aliphatic rings. The van der Waals surface area contributed by atoms with Crippen molar-refractivity contribution in [2.45, 2.75) is 13.1 Å². The third-order valence-electron chi connectivity index (χ3n) is 2.22. The Morgan fingerprint density at radius 3 is 3.08 bits per heavy atom. The first kappa shape index (κ1) is 8.07. The molecule has 12 heavy (non-hydrogen) atoms. The lowest BCUT2D eigenvalue weighted by molar-refractivity contribution is 0.378. The molecule has 0 saturated carbocycles. The molecule has 0 saturated heterocycles. The molecule has 1 aromatic rings. The molecule has 0 radical (unpaired) electrons. The van der Waals surface area contributed by atoms with E-state index < -0.39 is 0 Å². The molecule has 1 atom stereocenters. The maximum Gasteiger partial charge on any atom is 0.123 e. The monoisotopic (exact) mass is 180 g/mol. The van der Waals surface area contributed by atoms with E-state index in [1.54, 1.807) is 0 Å². The van der Waals surface area contributed by atoms with Gasteiger partial charge in [0.25, 0.3) is 0 Å². The van der Waals surface area contributed by atoms with Crippen LogP contribution in [0.1, 0.15) is 12.5 Å². The summed E-state index contributed by atoms with van der Waals surface area (Å²) in [6.07, 6.45) is 3.49. The highest BCUT2D eigenvalue weighted by Gasteiger charge is 2.16. The van der Waals surface area contributed by atoms with Gasteiger partial charge in [-0.1, -0.05) is 33.0 Å². The topological polar surface area (TPSA) is 9.23 Å². The molecule has 64 valence electrons. The molecule has 1 nitrogen and oxygen atoms in total. The van der Waals surface area contributed by atoms with Gasteiger partial charge in [-0.15, -0.1) is 0 Å². The van der Waals surface area contributed by atoms with Gasteiger partial charge in [-0.05, 0) is 24.0 Å². The molecule has 0 bridgehead atoms. The molecule has 0 fully saturated rings. The van der Waals surface area contributed by atoms with Crippen molar-refractivity contribution in [3.63, 3.8) is 0 Å². The molecule has 1 aromatic carbocycles. The van der Waals surface area contributed by atoms with E-state index in [2.05, 4.69) is 25.1 Å². The van der Waals surface area contributed by atoms with Crippen molar-refractivity contribution in [1.82, 2.24) is 0 Å². The maximum atomic E-state index is 5.66. The third-order valence-corrected chi connectivity index (χ3v) is 4.39. The summed E-state index contributed by atoms with van der Waals surface area (Å²) >= 11 is 0. The average Bonchev–Trinajstić information content (AvgIpc) is 2.17. The summed E-state index contributed by atoms with van der Waals surface area (Å²) in [7, 11) is 0.122. The van der Waals surface area contributed by atoms with Crippen LogP contribution < -0.4 is 4.74 Å². The highest BCUT2D eigenvalue weighted by atomic mass is 31.1. The van der Waals surface area contributed by atoms with E-state index in [4.69, 9.17) is 4.74 Å². The number of hydrogen-bond donors (Lipinski definition) is 0. The standard InChI is InChI=1S/C10H13OP/c1-2-12-7-9-5-3-4-6-10(9)11-8-12/h3-6H,2,7-8H2,1H3. The lowest BCUT2D eigenvalue weighted by atomic mass is 10.2. The number of benzene rings is 1. The molecule has 0 aliphatic carbocycles. The normalized spacial score (nSPS) is 21.2. The minimum absolute atomic E-state index is 0.122. The first-order valence-electron chi connectivity index (χ1n) is 4.33. The zero-order valence-corrected chi connectivity index (χ0v) is 8.18. The summed E-state index contributed by atoms with van der Waals surface area (Å²) in [5, 5.41) is 0. The second-order valence-electron chi connectivity index (χ2n) is 3.03. The number of para-hydroxylation sites is 1.